The van der Waals surface area contributed by atoms with Crippen molar-refractivity contribution in [2.75, 3.05) is 13.2 Å². The van der Waals surface area contributed by atoms with Gasteiger partial charge >= 0.3 is 5.97 Å². The highest BCUT2D eigenvalue weighted by molar-refractivity contribution is 5.88. The van der Waals surface area contributed by atoms with E-state index in [1.807, 2.05) is 0 Å². The van der Waals surface area contributed by atoms with Crippen molar-refractivity contribution in [3.8, 4) is 0 Å². The fourth-order valence-corrected chi connectivity index (χ4v) is 3.72. The molecule has 0 aromatic rings. The van der Waals surface area contributed by atoms with E-state index in [0.717, 1.165) is 64.2 Å². The van der Waals surface area contributed by atoms with Gasteiger partial charge in [-0.2, -0.15) is 0 Å². The number of esters is 1. The van der Waals surface area contributed by atoms with Gasteiger partial charge in [0.15, 0.2) is 17.5 Å². The van der Waals surface area contributed by atoms with Gasteiger partial charge in [-0.25, -0.2) is 0 Å². The zero-order valence-electron chi connectivity index (χ0n) is 20.0. The molecule has 0 aliphatic heterocycles. The molecule has 0 aliphatic carbocycles. The summed E-state index contributed by atoms with van der Waals surface area (Å²) in [5.41, 5.74) is -2.74. The molecule has 5 N–H and O–H groups in total. The summed E-state index contributed by atoms with van der Waals surface area (Å²) in [6.07, 6.45) is 5.51. The van der Waals surface area contributed by atoms with Crippen LogP contribution in [0.2, 0.25) is 0 Å². The first-order valence-electron chi connectivity index (χ1n) is 12.3. The quantitative estimate of drug-likeness (QED) is 0.129. The molecule has 0 aliphatic rings. The third-order valence-electron chi connectivity index (χ3n) is 5.89. The number of rotatable bonds is 21. The van der Waals surface area contributed by atoms with Gasteiger partial charge in [-0.15, -0.1) is 0 Å². The van der Waals surface area contributed by atoms with E-state index in [1.54, 1.807) is 0 Å². The number of ketones is 1. The minimum absolute atomic E-state index is 0.0854. The van der Waals surface area contributed by atoms with Gasteiger partial charge in [-0.05, 0) is 12.8 Å². The van der Waals surface area contributed by atoms with Crippen molar-refractivity contribution in [2.24, 2.45) is 0 Å². The first kappa shape index (κ1) is 30.9. The predicted molar refractivity (Wildman–Crippen MR) is 122 cm³/mol. The van der Waals surface area contributed by atoms with Crippen molar-refractivity contribution in [3.63, 3.8) is 0 Å². The summed E-state index contributed by atoms with van der Waals surface area (Å²) >= 11 is 0. The molecule has 0 saturated carbocycles. The highest BCUT2D eigenvalue weighted by Crippen LogP contribution is 2.25. The second-order valence-electron chi connectivity index (χ2n) is 8.64. The number of ether oxygens (including phenoxy) is 1. The molecule has 0 unspecified atom stereocenters. The van der Waals surface area contributed by atoms with Gasteiger partial charge in [0, 0.05) is 12.8 Å². The number of aliphatic hydroxyl groups is 5. The van der Waals surface area contributed by atoms with Crippen LogP contribution >= 0.6 is 0 Å². The molecule has 0 spiro atoms. The average molecular weight is 463 g/mol. The van der Waals surface area contributed by atoms with Crippen molar-refractivity contribution in [2.45, 2.75) is 128 Å². The molecule has 0 saturated heterocycles. The normalized spacial score (nSPS) is 16.2. The Bertz CT molecular complexity index is 498. The fraction of sp³-hybridized carbons (Fsp3) is 0.917. The molecule has 0 amide bonds. The summed E-state index contributed by atoms with van der Waals surface area (Å²) in [7, 11) is 0. The number of unbranched alkanes of at least 4 members (excludes halogenated alkanes) is 10. The van der Waals surface area contributed by atoms with E-state index >= 15 is 0 Å². The van der Waals surface area contributed by atoms with E-state index in [4.69, 9.17) is 4.74 Å². The van der Waals surface area contributed by atoms with E-state index in [2.05, 4.69) is 13.8 Å². The monoisotopic (exact) mass is 462 g/mol. The zero-order chi connectivity index (χ0) is 24.4. The largest absolute Gasteiger partial charge is 0.457 e. The third kappa shape index (κ3) is 11.2. The molecular formula is C24H46O8. The maximum absolute atomic E-state index is 12.7. The molecule has 32 heavy (non-hydrogen) atoms. The number of aliphatic hydroxyl groups excluding tert-OH is 4. The number of carbonyl (C=O) groups is 2. The van der Waals surface area contributed by atoms with Gasteiger partial charge in [0.05, 0.1) is 13.2 Å². The Morgan fingerprint density at radius 3 is 1.69 bits per heavy atom. The van der Waals surface area contributed by atoms with Crippen LogP contribution in [0.1, 0.15) is 104 Å². The predicted octanol–water partition coefficient (Wildman–Crippen LogP) is 2.41. The fourth-order valence-electron chi connectivity index (χ4n) is 3.72. The lowest BCUT2D eigenvalue weighted by molar-refractivity contribution is -0.204. The number of Topliss-reactive ketones (excluding diaryl/α,β-unsaturated/α-hetero) is 1. The Kier molecular flexibility index (Phi) is 17.8. The molecule has 8 nitrogen and oxygen atoms in total. The van der Waals surface area contributed by atoms with Crippen molar-refractivity contribution in [3.05, 3.63) is 0 Å². The number of hydrogen-bond donors (Lipinski definition) is 5. The van der Waals surface area contributed by atoms with Crippen LogP contribution in [0.4, 0.5) is 0 Å². The molecule has 4 atom stereocenters. The Labute approximate surface area is 193 Å². The van der Waals surface area contributed by atoms with Crippen LogP contribution in [0.5, 0.6) is 0 Å². The van der Waals surface area contributed by atoms with Gasteiger partial charge < -0.3 is 30.3 Å². The maximum atomic E-state index is 12.7. The molecule has 0 aromatic carbocycles. The Morgan fingerprint density at radius 1 is 0.750 bits per heavy atom. The Balaban J connectivity index is 4.88. The van der Waals surface area contributed by atoms with Crippen LogP contribution in [0.25, 0.3) is 0 Å². The maximum Gasteiger partial charge on any atom is 0.306 e. The smallest absolute Gasteiger partial charge is 0.306 e. The van der Waals surface area contributed by atoms with Gasteiger partial charge in [-0.1, -0.05) is 78.1 Å². The minimum Gasteiger partial charge on any atom is -0.457 e. The highest BCUT2D eigenvalue weighted by atomic mass is 16.6. The molecule has 190 valence electrons. The summed E-state index contributed by atoms with van der Waals surface area (Å²) in [6, 6.07) is 0. The summed E-state index contributed by atoms with van der Waals surface area (Å²) in [4.78, 5) is 24.8. The van der Waals surface area contributed by atoms with E-state index < -0.39 is 48.9 Å². The van der Waals surface area contributed by atoms with E-state index in [9.17, 15) is 35.1 Å². The second kappa shape index (κ2) is 18.4. The van der Waals surface area contributed by atoms with E-state index in [0.29, 0.717) is 12.8 Å². The van der Waals surface area contributed by atoms with Crippen LogP contribution in [0.15, 0.2) is 0 Å². The Hall–Kier alpha value is -1.06. The van der Waals surface area contributed by atoms with Crippen molar-refractivity contribution >= 4 is 11.8 Å². The van der Waals surface area contributed by atoms with Crippen LogP contribution in [-0.4, -0.2) is 74.4 Å². The number of carbonyl (C=O) groups excluding carboxylic acids is 2. The molecule has 0 rings (SSSR count). The van der Waals surface area contributed by atoms with Gasteiger partial charge in [0.1, 0.15) is 12.2 Å². The summed E-state index contributed by atoms with van der Waals surface area (Å²) in [5.74, 6) is -1.52. The van der Waals surface area contributed by atoms with Crippen molar-refractivity contribution in [1.29, 1.82) is 0 Å². The van der Waals surface area contributed by atoms with E-state index in [1.165, 1.54) is 0 Å². The summed E-state index contributed by atoms with van der Waals surface area (Å²) < 4.78 is 5.11. The molecule has 0 fully saturated rings. The van der Waals surface area contributed by atoms with Gasteiger partial charge in [0.25, 0.3) is 0 Å². The standard InChI is InChI=1S/C24H46O8/c1-3-5-7-9-11-13-15-20(27)24(31,21(28)18-26)23(30)19(17-25)32-22(29)16-14-12-10-8-6-4-2/h19,21,23,25-26,28,30-31H,3-18H2,1-2H3/t19-,21+,23-,24-/m1/s1. The lowest BCUT2D eigenvalue weighted by Gasteiger charge is -2.37. The first-order valence-corrected chi connectivity index (χ1v) is 12.3. The first-order chi connectivity index (χ1) is 15.3. The third-order valence-corrected chi connectivity index (χ3v) is 5.89. The molecule has 0 bridgehead atoms. The van der Waals surface area contributed by atoms with Crippen LogP contribution in [0.3, 0.4) is 0 Å². The molecule has 0 aromatic heterocycles. The topological polar surface area (TPSA) is 145 Å². The number of hydrogen-bond acceptors (Lipinski definition) is 8. The minimum atomic E-state index is -2.74. The van der Waals surface area contributed by atoms with Gasteiger partial charge in [-0.3, -0.25) is 9.59 Å². The molecule has 8 heteroatoms. The Morgan fingerprint density at radius 2 is 1.22 bits per heavy atom. The molecular weight excluding hydrogens is 416 g/mol. The second-order valence-corrected chi connectivity index (χ2v) is 8.64. The lowest BCUT2D eigenvalue weighted by Crippen LogP contribution is -2.64. The van der Waals surface area contributed by atoms with Gasteiger partial charge in [0.2, 0.25) is 0 Å². The summed E-state index contributed by atoms with van der Waals surface area (Å²) in [5, 5.41) is 50.5. The SMILES string of the molecule is CCCCCCCCC(=O)O[C@H](CO)[C@@H](O)[C@@](O)(C(=O)CCCCCCCC)[C@@H](O)CO. The summed E-state index contributed by atoms with van der Waals surface area (Å²) in [6.45, 7) is 2.40. The lowest BCUT2D eigenvalue weighted by atomic mass is 9.81. The average Bonchev–Trinajstić information content (AvgIpc) is 2.80. The van der Waals surface area contributed by atoms with Crippen LogP contribution in [0, 0.1) is 0 Å². The van der Waals surface area contributed by atoms with E-state index in [-0.39, 0.29) is 12.8 Å². The van der Waals surface area contributed by atoms with Crippen LogP contribution in [-0.2, 0) is 14.3 Å². The highest BCUT2D eigenvalue weighted by Gasteiger charge is 2.52. The van der Waals surface area contributed by atoms with Crippen molar-refractivity contribution in [1.82, 2.24) is 0 Å². The molecule has 0 heterocycles. The van der Waals surface area contributed by atoms with Crippen LogP contribution < -0.4 is 0 Å². The van der Waals surface area contributed by atoms with Crippen molar-refractivity contribution < 1.29 is 39.9 Å². The zero-order valence-corrected chi connectivity index (χ0v) is 20.0. The molecule has 0 radical (unpaired) electrons.